The summed E-state index contributed by atoms with van der Waals surface area (Å²) in [5.74, 6) is 0.00819. The molecule has 3 aromatic heterocycles. The quantitative estimate of drug-likeness (QED) is 0.218. The summed E-state index contributed by atoms with van der Waals surface area (Å²) in [4.78, 5) is 37.4. The average Bonchev–Trinajstić information content (AvgIpc) is 3.73. The smallest absolute Gasteiger partial charge is 0.387 e. The summed E-state index contributed by atoms with van der Waals surface area (Å²) in [5, 5.41) is 11.4. The molecule has 0 aliphatic carbocycles. The number of hydrogen-bond donors (Lipinski definition) is 4. The molecule has 6 unspecified atom stereocenters. The summed E-state index contributed by atoms with van der Waals surface area (Å²) in [5.41, 5.74) is 6.74. The molecule has 0 spiro atoms. The lowest BCUT2D eigenvalue weighted by atomic mass is 10.1. The zero-order valence-corrected chi connectivity index (χ0v) is 25.6. The number of alkyl halides is 1. The van der Waals surface area contributed by atoms with Crippen LogP contribution < -0.4 is 5.73 Å². The number of imidazole rings is 2. The number of ether oxygens (including phenoxy) is 2. The van der Waals surface area contributed by atoms with E-state index in [2.05, 4.69) is 19.9 Å². The Hall–Kier alpha value is -2.35. The first-order valence-corrected chi connectivity index (χ1v) is 16.8. The number of halogens is 3. The second-order valence-electron chi connectivity index (χ2n) is 10.2. The van der Waals surface area contributed by atoms with E-state index in [0.717, 1.165) is 17.2 Å². The van der Waals surface area contributed by atoms with Gasteiger partial charge in [-0.05, 0) is 12.1 Å². The van der Waals surface area contributed by atoms with E-state index < -0.39 is 78.0 Å². The molecule has 3 fully saturated rings. The number of phosphoric ester groups is 2. The van der Waals surface area contributed by atoms with Gasteiger partial charge in [0, 0.05) is 0 Å². The average molecular weight is 712 g/mol. The molecule has 18 nitrogen and oxygen atoms in total. The minimum absolute atomic E-state index is 0.00819. The summed E-state index contributed by atoms with van der Waals surface area (Å²) in [6.45, 7) is -1.67. The number of anilines is 1. The number of phosphoric acid groups is 2. The van der Waals surface area contributed by atoms with Crippen molar-refractivity contribution in [3.63, 3.8) is 0 Å². The van der Waals surface area contributed by atoms with Crippen molar-refractivity contribution in [1.82, 2.24) is 29.1 Å². The van der Waals surface area contributed by atoms with E-state index in [4.69, 9.17) is 56.5 Å². The standard InChI is InChI=1S/C22H22Cl2FN7O11P2/c23-8-1-10-11(2-9(8)24)31(6-29-10)22-18-16(33)12(40-22)3-38-44(34,35)42-17-13(4-39-45(36,37)43-18)41-21(14(17)25)32-7-30-15-19(26)27-5-28-20(15)32/h1-2,5-7,12-14,16-18,21-22,33H,3-4H2,(H,34,35)(H,36,37)(H2,26,27,28)/t12-,13-,14?,16?,17?,18?,21-,22-/m1/s1. The third kappa shape index (κ3) is 5.65. The van der Waals surface area contributed by atoms with Crippen molar-refractivity contribution in [3.8, 4) is 0 Å². The van der Waals surface area contributed by atoms with Gasteiger partial charge in [-0.3, -0.25) is 22.7 Å². The molecule has 3 saturated heterocycles. The number of nitrogens with zero attached hydrogens (tertiary/aromatic N) is 6. The maximum absolute atomic E-state index is 15.9. The molecule has 4 aromatic rings. The number of hydrogen-bond acceptors (Lipinski definition) is 14. The fourth-order valence-electron chi connectivity index (χ4n) is 5.36. The molecule has 2 bridgehead atoms. The number of rotatable bonds is 2. The lowest BCUT2D eigenvalue weighted by Crippen LogP contribution is -2.35. The number of fused-ring (bicyclic) bond motifs is 5. The monoisotopic (exact) mass is 711 g/mol. The van der Waals surface area contributed by atoms with Crippen LogP contribution in [0.15, 0.2) is 31.1 Å². The third-order valence-corrected chi connectivity index (χ3v) is 10.1. The Morgan fingerprint density at radius 2 is 1.53 bits per heavy atom. The van der Waals surface area contributed by atoms with Gasteiger partial charge in [-0.2, -0.15) is 0 Å². The first-order chi connectivity index (χ1) is 21.3. The molecule has 242 valence electrons. The molecule has 3 aliphatic heterocycles. The minimum atomic E-state index is -5.10. The minimum Gasteiger partial charge on any atom is -0.387 e. The molecule has 45 heavy (non-hydrogen) atoms. The van der Waals surface area contributed by atoms with Gasteiger partial charge in [-0.25, -0.2) is 33.5 Å². The largest absolute Gasteiger partial charge is 0.472 e. The Morgan fingerprint density at radius 3 is 2.29 bits per heavy atom. The summed E-state index contributed by atoms with van der Waals surface area (Å²) >= 11 is 12.3. The molecular weight excluding hydrogens is 690 g/mol. The van der Waals surface area contributed by atoms with Crippen LogP contribution in [0.4, 0.5) is 10.2 Å². The van der Waals surface area contributed by atoms with Crippen LogP contribution in [-0.2, 0) is 36.7 Å². The van der Waals surface area contributed by atoms with Gasteiger partial charge in [-0.15, -0.1) is 0 Å². The SMILES string of the molecule is Nc1ncnc2c1ncn2[C@@H]1O[C@@H]2COP(=O)(O)OC3C(O)[C@@H](COP(=O)(O)OC2C1F)O[C@H]3n1cnc2cc(Cl)c(Cl)cc21. The highest BCUT2D eigenvalue weighted by Gasteiger charge is 2.54. The topological polar surface area (TPSA) is 238 Å². The summed E-state index contributed by atoms with van der Waals surface area (Å²) in [7, 11) is -10.2. The van der Waals surface area contributed by atoms with Crippen molar-refractivity contribution in [2.24, 2.45) is 0 Å². The van der Waals surface area contributed by atoms with Crippen LogP contribution in [0.25, 0.3) is 22.2 Å². The fraction of sp³-hybridized carbons (Fsp3) is 0.455. The molecule has 10 atom stereocenters. The maximum atomic E-state index is 15.9. The highest BCUT2D eigenvalue weighted by Crippen LogP contribution is 2.54. The molecular formula is C22H22Cl2FN7O11P2. The summed E-state index contributed by atoms with van der Waals surface area (Å²) < 4.78 is 77.0. The highest BCUT2D eigenvalue weighted by atomic mass is 35.5. The van der Waals surface area contributed by atoms with Crippen molar-refractivity contribution < 1.29 is 56.0 Å². The van der Waals surface area contributed by atoms with Crippen LogP contribution in [0, 0.1) is 0 Å². The molecule has 7 rings (SSSR count). The Bertz CT molecular complexity index is 1890. The summed E-state index contributed by atoms with van der Waals surface area (Å²) in [6.07, 6.45) is -9.69. The molecule has 1 aromatic carbocycles. The number of nitrogens with two attached hydrogens (primary N) is 1. The lowest BCUT2D eigenvalue weighted by Gasteiger charge is -2.25. The second kappa shape index (κ2) is 11.4. The Morgan fingerprint density at radius 1 is 0.889 bits per heavy atom. The van der Waals surface area contributed by atoms with Crippen molar-refractivity contribution in [1.29, 1.82) is 0 Å². The van der Waals surface area contributed by atoms with Gasteiger partial charge in [0.1, 0.15) is 42.4 Å². The first-order valence-electron chi connectivity index (χ1n) is 13.0. The van der Waals surface area contributed by atoms with Crippen LogP contribution in [0.3, 0.4) is 0 Å². The Balaban J connectivity index is 1.20. The molecule has 23 heteroatoms. The molecule has 5 N–H and O–H groups in total. The maximum Gasteiger partial charge on any atom is 0.472 e. The van der Waals surface area contributed by atoms with Crippen LogP contribution in [0.1, 0.15) is 12.5 Å². The van der Waals surface area contributed by atoms with E-state index in [0.29, 0.717) is 11.0 Å². The molecule has 0 amide bonds. The van der Waals surface area contributed by atoms with E-state index in [9.17, 15) is 24.0 Å². The number of benzene rings is 1. The van der Waals surface area contributed by atoms with E-state index in [1.165, 1.54) is 23.0 Å². The van der Waals surface area contributed by atoms with Gasteiger partial charge >= 0.3 is 15.6 Å². The first kappa shape index (κ1) is 31.3. The van der Waals surface area contributed by atoms with Crippen molar-refractivity contribution in [2.45, 2.75) is 49.1 Å². The number of aliphatic hydroxyl groups is 1. The Labute approximate surface area is 260 Å². The van der Waals surface area contributed by atoms with E-state index >= 15 is 4.39 Å². The normalized spacial score (nSPS) is 37.7. The Kier molecular flexibility index (Phi) is 7.93. The fourth-order valence-corrected chi connectivity index (χ4v) is 7.56. The molecule has 3 aliphatic rings. The van der Waals surface area contributed by atoms with E-state index in [1.54, 1.807) is 0 Å². The number of aliphatic hydroxyl groups excluding tert-OH is 1. The highest BCUT2D eigenvalue weighted by molar-refractivity contribution is 7.47. The van der Waals surface area contributed by atoms with Gasteiger partial charge < -0.3 is 34.7 Å². The van der Waals surface area contributed by atoms with E-state index in [-0.39, 0.29) is 27.0 Å². The molecule has 0 saturated carbocycles. The van der Waals surface area contributed by atoms with Crippen LogP contribution in [-0.4, -0.2) is 93.9 Å². The predicted molar refractivity (Wildman–Crippen MR) is 150 cm³/mol. The third-order valence-electron chi connectivity index (χ3n) is 7.45. The molecule has 6 heterocycles. The second-order valence-corrected chi connectivity index (χ2v) is 13.9. The summed E-state index contributed by atoms with van der Waals surface area (Å²) in [6, 6.07) is 2.93. The number of aromatic nitrogens is 6. The van der Waals surface area contributed by atoms with E-state index in [1.807, 2.05) is 0 Å². The van der Waals surface area contributed by atoms with Crippen molar-refractivity contribution >= 4 is 66.9 Å². The molecule has 0 radical (unpaired) electrons. The zero-order valence-electron chi connectivity index (χ0n) is 22.3. The van der Waals surface area contributed by atoms with Crippen LogP contribution in [0.2, 0.25) is 10.0 Å². The van der Waals surface area contributed by atoms with Gasteiger partial charge in [0.15, 0.2) is 30.1 Å². The van der Waals surface area contributed by atoms with Gasteiger partial charge in [0.25, 0.3) is 0 Å². The lowest BCUT2D eigenvalue weighted by molar-refractivity contribution is -0.0669. The van der Waals surface area contributed by atoms with Crippen molar-refractivity contribution in [3.05, 3.63) is 41.2 Å². The van der Waals surface area contributed by atoms with Gasteiger partial charge in [-0.1, -0.05) is 23.2 Å². The van der Waals surface area contributed by atoms with Crippen LogP contribution in [0.5, 0.6) is 0 Å². The van der Waals surface area contributed by atoms with Crippen LogP contribution >= 0.6 is 38.8 Å². The van der Waals surface area contributed by atoms with Crippen molar-refractivity contribution in [2.75, 3.05) is 18.9 Å². The predicted octanol–water partition coefficient (Wildman–Crippen LogP) is 2.28. The zero-order chi connectivity index (χ0) is 31.8. The van der Waals surface area contributed by atoms with Gasteiger partial charge in [0.05, 0.1) is 46.9 Å². The van der Waals surface area contributed by atoms with Gasteiger partial charge in [0.2, 0.25) is 0 Å². The number of nitrogen functional groups attached to an aromatic ring is 1.